The third-order valence-corrected chi connectivity index (χ3v) is 5.58. The summed E-state index contributed by atoms with van der Waals surface area (Å²) in [5.74, 6) is -2.96. The van der Waals surface area contributed by atoms with E-state index >= 15 is 0 Å². The summed E-state index contributed by atoms with van der Waals surface area (Å²) in [6.45, 7) is -0.558. The quantitative estimate of drug-likeness (QED) is 0.236. The second kappa shape index (κ2) is 12.1. The Bertz CT molecular complexity index is 1300. The van der Waals surface area contributed by atoms with Gasteiger partial charge in [-0.1, -0.05) is 11.8 Å². The van der Waals surface area contributed by atoms with Gasteiger partial charge in [0.2, 0.25) is 17.7 Å². The Balaban J connectivity index is 1.51. The lowest BCUT2D eigenvalue weighted by Gasteiger charge is -2.10. The molecule has 6 N–H and O–H groups in total. The SMILES string of the molecule is NC(=O)c1ccc(NC(=O)COC(=O)c2cccnc2SCC(=O)Nc2ccc(C(N)=O)cc2)cc1. The highest BCUT2D eigenvalue weighted by molar-refractivity contribution is 8.00. The molecule has 0 radical (unpaired) electrons. The van der Waals surface area contributed by atoms with E-state index in [9.17, 15) is 24.0 Å². The van der Waals surface area contributed by atoms with E-state index < -0.39 is 30.3 Å². The van der Waals surface area contributed by atoms with E-state index in [-0.39, 0.29) is 27.8 Å². The third-order valence-electron chi connectivity index (χ3n) is 4.57. The molecule has 3 aromatic rings. The molecule has 1 heterocycles. The largest absolute Gasteiger partial charge is 0.452 e. The van der Waals surface area contributed by atoms with Gasteiger partial charge in [0.25, 0.3) is 5.91 Å². The van der Waals surface area contributed by atoms with Crippen LogP contribution in [-0.4, -0.2) is 46.9 Å². The number of anilines is 2. The number of primary amides is 2. The summed E-state index contributed by atoms with van der Waals surface area (Å²) in [7, 11) is 0. The number of amides is 4. The molecule has 0 aliphatic rings. The van der Waals surface area contributed by atoms with Crippen LogP contribution in [0.1, 0.15) is 31.1 Å². The van der Waals surface area contributed by atoms with Gasteiger partial charge in [-0.15, -0.1) is 0 Å². The van der Waals surface area contributed by atoms with Crippen molar-refractivity contribution in [1.29, 1.82) is 0 Å². The Morgan fingerprint density at radius 3 is 1.83 bits per heavy atom. The van der Waals surface area contributed by atoms with Gasteiger partial charge < -0.3 is 26.8 Å². The summed E-state index contributed by atoms with van der Waals surface area (Å²) < 4.78 is 5.08. The highest BCUT2D eigenvalue weighted by atomic mass is 32.2. The average molecular weight is 508 g/mol. The Morgan fingerprint density at radius 2 is 1.31 bits per heavy atom. The van der Waals surface area contributed by atoms with Gasteiger partial charge >= 0.3 is 5.97 Å². The fraction of sp³-hybridized carbons (Fsp3) is 0.0833. The van der Waals surface area contributed by atoms with Crippen LogP contribution < -0.4 is 22.1 Å². The van der Waals surface area contributed by atoms with Crippen molar-refractivity contribution in [2.24, 2.45) is 11.5 Å². The summed E-state index contributed by atoms with van der Waals surface area (Å²) in [6, 6.07) is 15.0. The number of aromatic nitrogens is 1. The molecule has 0 aliphatic heterocycles. The van der Waals surface area contributed by atoms with Crippen LogP contribution in [-0.2, 0) is 14.3 Å². The van der Waals surface area contributed by atoms with Crippen LogP contribution in [0.15, 0.2) is 71.9 Å². The van der Waals surface area contributed by atoms with Gasteiger partial charge in [-0.05, 0) is 60.7 Å². The van der Waals surface area contributed by atoms with Gasteiger partial charge in [0.1, 0.15) is 5.03 Å². The summed E-state index contributed by atoms with van der Waals surface area (Å²) in [5.41, 5.74) is 11.9. The maximum Gasteiger partial charge on any atom is 0.341 e. The lowest BCUT2D eigenvalue weighted by atomic mass is 10.2. The summed E-state index contributed by atoms with van der Waals surface area (Å²) in [4.78, 5) is 63.3. The van der Waals surface area contributed by atoms with Crippen LogP contribution >= 0.6 is 11.8 Å². The number of nitrogens with zero attached hydrogens (tertiary/aromatic N) is 1. The average Bonchev–Trinajstić information content (AvgIpc) is 2.87. The van der Waals surface area contributed by atoms with Crippen molar-refractivity contribution in [2.75, 3.05) is 23.0 Å². The molecule has 0 bridgehead atoms. The minimum Gasteiger partial charge on any atom is -0.452 e. The minimum absolute atomic E-state index is 0.0589. The predicted octanol–water partition coefficient (Wildman–Crippen LogP) is 1.81. The Hall–Kier alpha value is -4.71. The summed E-state index contributed by atoms with van der Waals surface area (Å²) in [6.07, 6.45) is 1.46. The number of hydrogen-bond donors (Lipinski definition) is 4. The molecule has 0 spiro atoms. The smallest absolute Gasteiger partial charge is 0.341 e. The lowest BCUT2D eigenvalue weighted by molar-refractivity contribution is -0.119. The van der Waals surface area contributed by atoms with Crippen molar-refractivity contribution in [3.05, 3.63) is 83.6 Å². The first-order valence-corrected chi connectivity index (χ1v) is 11.4. The number of rotatable bonds is 10. The van der Waals surface area contributed by atoms with Crippen LogP contribution in [0.25, 0.3) is 0 Å². The van der Waals surface area contributed by atoms with Crippen LogP contribution in [0, 0.1) is 0 Å². The zero-order valence-electron chi connectivity index (χ0n) is 18.7. The van der Waals surface area contributed by atoms with E-state index in [1.807, 2.05) is 0 Å². The van der Waals surface area contributed by atoms with E-state index in [1.54, 1.807) is 12.1 Å². The molecule has 184 valence electrons. The van der Waals surface area contributed by atoms with Crippen LogP contribution in [0.4, 0.5) is 11.4 Å². The maximum atomic E-state index is 12.5. The van der Waals surface area contributed by atoms with Gasteiger partial charge in [-0.3, -0.25) is 19.2 Å². The van der Waals surface area contributed by atoms with Gasteiger partial charge in [-0.25, -0.2) is 9.78 Å². The highest BCUT2D eigenvalue weighted by Gasteiger charge is 2.17. The molecule has 0 unspecified atom stereocenters. The van der Waals surface area contributed by atoms with Crippen LogP contribution in [0.3, 0.4) is 0 Å². The molecule has 4 amide bonds. The first-order valence-electron chi connectivity index (χ1n) is 10.4. The molecule has 0 saturated heterocycles. The highest BCUT2D eigenvalue weighted by Crippen LogP contribution is 2.21. The van der Waals surface area contributed by atoms with Crippen LogP contribution in [0.5, 0.6) is 0 Å². The number of carbonyl (C=O) groups is 5. The van der Waals surface area contributed by atoms with E-state index in [0.717, 1.165) is 11.8 Å². The molecule has 0 atom stereocenters. The molecular formula is C24H21N5O6S. The van der Waals surface area contributed by atoms with E-state index in [1.165, 1.54) is 54.7 Å². The predicted molar refractivity (Wildman–Crippen MR) is 132 cm³/mol. The van der Waals surface area contributed by atoms with Gasteiger partial charge in [-0.2, -0.15) is 0 Å². The number of nitrogens with two attached hydrogens (primary N) is 2. The van der Waals surface area contributed by atoms with Crippen LogP contribution in [0.2, 0.25) is 0 Å². The first-order chi connectivity index (χ1) is 17.2. The number of hydrogen-bond acceptors (Lipinski definition) is 8. The fourth-order valence-corrected chi connectivity index (χ4v) is 3.62. The van der Waals surface area contributed by atoms with Crippen molar-refractivity contribution in [2.45, 2.75) is 5.03 Å². The van der Waals surface area contributed by atoms with E-state index in [0.29, 0.717) is 16.9 Å². The Morgan fingerprint density at radius 1 is 0.778 bits per heavy atom. The molecule has 11 nitrogen and oxygen atoms in total. The van der Waals surface area contributed by atoms with E-state index in [2.05, 4.69) is 15.6 Å². The zero-order valence-corrected chi connectivity index (χ0v) is 19.5. The summed E-state index contributed by atoms with van der Waals surface area (Å²) in [5, 5.41) is 5.45. The zero-order chi connectivity index (χ0) is 26.1. The molecule has 2 aromatic carbocycles. The monoisotopic (exact) mass is 507 g/mol. The number of nitrogens with one attached hydrogen (secondary N) is 2. The molecule has 1 aromatic heterocycles. The molecule has 0 aliphatic carbocycles. The number of esters is 1. The van der Waals surface area contributed by atoms with Gasteiger partial charge in [0, 0.05) is 28.7 Å². The number of pyridine rings is 1. The van der Waals surface area contributed by atoms with Crippen molar-refractivity contribution in [3.63, 3.8) is 0 Å². The van der Waals surface area contributed by atoms with Crippen molar-refractivity contribution in [3.8, 4) is 0 Å². The second-order valence-corrected chi connectivity index (χ2v) is 8.16. The molecule has 12 heteroatoms. The molecule has 0 fully saturated rings. The molecule has 3 rings (SSSR count). The third kappa shape index (κ3) is 7.40. The number of benzene rings is 2. The fourth-order valence-electron chi connectivity index (χ4n) is 2.83. The standard InChI is InChI=1S/C24H21N5O6S/c25-21(32)14-3-7-16(8-4-14)28-19(30)12-35-24(34)18-2-1-11-27-23(18)36-13-20(31)29-17-9-5-15(6-10-17)22(26)33/h1-11H,12-13H2,(H2,25,32)(H2,26,33)(H,28,30)(H,29,31). The number of ether oxygens (including phenoxy) is 1. The van der Waals surface area contributed by atoms with Gasteiger partial charge in [0.05, 0.1) is 11.3 Å². The van der Waals surface area contributed by atoms with Crippen molar-refractivity contribution < 1.29 is 28.7 Å². The second-order valence-electron chi connectivity index (χ2n) is 7.20. The van der Waals surface area contributed by atoms with Gasteiger partial charge in [0.15, 0.2) is 6.61 Å². The van der Waals surface area contributed by atoms with Crippen molar-refractivity contribution >= 4 is 52.7 Å². The normalized spacial score (nSPS) is 10.2. The first kappa shape index (κ1) is 25.9. The Kier molecular flexibility index (Phi) is 8.73. The number of thioether (sulfide) groups is 1. The molecular weight excluding hydrogens is 486 g/mol. The maximum absolute atomic E-state index is 12.5. The number of carbonyl (C=O) groups excluding carboxylic acids is 5. The molecule has 0 saturated carbocycles. The van der Waals surface area contributed by atoms with E-state index in [4.69, 9.17) is 16.2 Å². The lowest BCUT2D eigenvalue weighted by Crippen LogP contribution is -2.21. The topological polar surface area (TPSA) is 184 Å². The molecule has 36 heavy (non-hydrogen) atoms. The summed E-state index contributed by atoms with van der Waals surface area (Å²) >= 11 is 1.01. The Labute approximate surface area is 209 Å². The minimum atomic E-state index is -0.785. The van der Waals surface area contributed by atoms with Crippen molar-refractivity contribution in [1.82, 2.24) is 4.98 Å².